The van der Waals surface area contributed by atoms with Gasteiger partial charge >= 0.3 is 0 Å². The predicted molar refractivity (Wildman–Crippen MR) is 74.6 cm³/mol. The molecule has 0 aromatic heterocycles. The quantitative estimate of drug-likeness (QED) is 0.901. The number of nitrogens with one attached hydrogen (secondary N) is 1. The van der Waals surface area contributed by atoms with E-state index < -0.39 is 0 Å². The van der Waals surface area contributed by atoms with E-state index in [9.17, 15) is 5.26 Å². The molecule has 2 nitrogen and oxygen atoms in total. The maximum atomic E-state index is 9.17. The van der Waals surface area contributed by atoms with E-state index in [-0.39, 0.29) is 6.04 Å². The molecule has 0 bridgehead atoms. The summed E-state index contributed by atoms with van der Waals surface area (Å²) in [7, 11) is 0. The van der Waals surface area contributed by atoms with Gasteiger partial charge in [-0.15, -0.1) is 0 Å². The molecule has 0 aliphatic rings. The van der Waals surface area contributed by atoms with Crippen LogP contribution < -0.4 is 5.32 Å². The van der Waals surface area contributed by atoms with E-state index in [1.54, 1.807) is 0 Å². The molecular formula is C15H13ClN2. The summed E-state index contributed by atoms with van der Waals surface area (Å²) in [6.45, 7) is 0. The zero-order valence-corrected chi connectivity index (χ0v) is 10.6. The molecule has 0 saturated carbocycles. The van der Waals surface area contributed by atoms with Gasteiger partial charge in [0.05, 0.1) is 6.07 Å². The van der Waals surface area contributed by atoms with Crippen molar-refractivity contribution in [2.75, 3.05) is 5.32 Å². The molecule has 0 spiro atoms. The van der Waals surface area contributed by atoms with Gasteiger partial charge in [0.15, 0.2) is 0 Å². The van der Waals surface area contributed by atoms with Crippen molar-refractivity contribution >= 4 is 17.3 Å². The van der Waals surface area contributed by atoms with Crippen LogP contribution >= 0.6 is 11.6 Å². The molecule has 1 atom stereocenters. The lowest BCUT2D eigenvalue weighted by atomic mass is 10.1. The molecule has 3 heteroatoms. The fraction of sp³-hybridized carbons (Fsp3) is 0.133. The van der Waals surface area contributed by atoms with Crippen molar-refractivity contribution in [2.45, 2.75) is 12.5 Å². The summed E-state index contributed by atoms with van der Waals surface area (Å²) in [5.74, 6) is 0. The molecule has 0 aliphatic heterocycles. The molecule has 0 heterocycles. The minimum atomic E-state index is -0.258. The summed E-state index contributed by atoms with van der Waals surface area (Å²) in [4.78, 5) is 0. The molecule has 18 heavy (non-hydrogen) atoms. The number of nitrogens with zero attached hydrogens (tertiary/aromatic N) is 1. The van der Waals surface area contributed by atoms with E-state index in [1.807, 2.05) is 54.6 Å². The van der Waals surface area contributed by atoms with E-state index in [0.29, 0.717) is 11.4 Å². The van der Waals surface area contributed by atoms with E-state index in [4.69, 9.17) is 11.6 Å². The Labute approximate surface area is 112 Å². The Bertz CT molecular complexity index is 546. The molecule has 0 aliphatic carbocycles. The highest BCUT2D eigenvalue weighted by molar-refractivity contribution is 6.30. The van der Waals surface area contributed by atoms with Gasteiger partial charge in [0.1, 0.15) is 6.04 Å². The first-order valence-corrected chi connectivity index (χ1v) is 6.11. The van der Waals surface area contributed by atoms with Crippen LogP contribution in [0.3, 0.4) is 0 Å². The summed E-state index contributed by atoms with van der Waals surface area (Å²) < 4.78 is 0. The largest absolute Gasteiger partial charge is 0.370 e. The number of rotatable bonds is 4. The standard InChI is InChI=1S/C15H13ClN2/c16-13-7-4-8-14(10-13)18-15(11-17)9-12-5-2-1-3-6-12/h1-8,10,15,18H,9H2. The average Bonchev–Trinajstić information content (AvgIpc) is 2.39. The fourth-order valence-electron chi connectivity index (χ4n) is 1.76. The number of benzene rings is 2. The molecular weight excluding hydrogens is 244 g/mol. The predicted octanol–water partition coefficient (Wildman–Crippen LogP) is 3.89. The van der Waals surface area contributed by atoms with E-state index in [0.717, 1.165) is 11.3 Å². The van der Waals surface area contributed by atoms with Gasteiger partial charge in [-0.25, -0.2) is 0 Å². The highest BCUT2D eigenvalue weighted by Gasteiger charge is 2.08. The van der Waals surface area contributed by atoms with Crippen LogP contribution in [0.1, 0.15) is 5.56 Å². The fourth-order valence-corrected chi connectivity index (χ4v) is 1.95. The molecule has 0 radical (unpaired) electrons. The molecule has 2 aromatic rings. The Morgan fingerprint density at radius 2 is 1.89 bits per heavy atom. The number of nitriles is 1. The summed E-state index contributed by atoms with van der Waals surface area (Å²) in [5, 5.41) is 13.0. The number of hydrogen-bond donors (Lipinski definition) is 1. The molecule has 0 saturated heterocycles. The van der Waals surface area contributed by atoms with Crippen LogP contribution in [0.4, 0.5) is 5.69 Å². The number of halogens is 1. The summed E-state index contributed by atoms with van der Waals surface area (Å²) in [6.07, 6.45) is 0.670. The van der Waals surface area contributed by atoms with Crippen molar-refractivity contribution in [2.24, 2.45) is 0 Å². The van der Waals surface area contributed by atoms with Crippen LogP contribution in [0, 0.1) is 11.3 Å². The molecule has 2 rings (SSSR count). The molecule has 0 amide bonds. The van der Waals surface area contributed by atoms with Crippen molar-refractivity contribution < 1.29 is 0 Å². The molecule has 90 valence electrons. The molecule has 1 N–H and O–H groups in total. The third-order valence-corrected chi connectivity index (χ3v) is 2.84. The maximum Gasteiger partial charge on any atom is 0.118 e. The van der Waals surface area contributed by atoms with Gasteiger partial charge in [-0.3, -0.25) is 0 Å². The van der Waals surface area contributed by atoms with Gasteiger partial charge in [-0.05, 0) is 23.8 Å². The van der Waals surface area contributed by atoms with Gasteiger partial charge in [-0.1, -0.05) is 48.0 Å². The van der Waals surface area contributed by atoms with Gasteiger partial charge < -0.3 is 5.32 Å². The monoisotopic (exact) mass is 256 g/mol. The first-order chi connectivity index (χ1) is 8.78. The van der Waals surface area contributed by atoms with Gasteiger partial charge in [0.2, 0.25) is 0 Å². The van der Waals surface area contributed by atoms with Gasteiger partial charge in [-0.2, -0.15) is 5.26 Å². The minimum Gasteiger partial charge on any atom is -0.370 e. The Hall–Kier alpha value is -1.98. The second-order valence-corrected chi connectivity index (χ2v) is 4.46. The zero-order chi connectivity index (χ0) is 12.8. The minimum absolute atomic E-state index is 0.258. The Morgan fingerprint density at radius 1 is 1.11 bits per heavy atom. The third kappa shape index (κ3) is 3.51. The summed E-state index contributed by atoms with van der Waals surface area (Å²) >= 11 is 5.91. The van der Waals surface area contributed by atoms with Gasteiger partial charge in [0.25, 0.3) is 0 Å². The van der Waals surface area contributed by atoms with Crippen molar-refractivity contribution in [3.63, 3.8) is 0 Å². The van der Waals surface area contributed by atoms with Crippen LogP contribution in [-0.2, 0) is 6.42 Å². The molecule has 0 fully saturated rings. The van der Waals surface area contributed by atoms with Gasteiger partial charge in [0, 0.05) is 17.1 Å². The third-order valence-electron chi connectivity index (χ3n) is 2.60. The molecule has 1 unspecified atom stereocenters. The van der Waals surface area contributed by atoms with Crippen molar-refractivity contribution in [1.29, 1.82) is 5.26 Å². The van der Waals surface area contributed by atoms with E-state index >= 15 is 0 Å². The highest BCUT2D eigenvalue weighted by atomic mass is 35.5. The topological polar surface area (TPSA) is 35.8 Å². The van der Waals surface area contributed by atoms with Crippen molar-refractivity contribution in [3.8, 4) is 6.07 Å². The molecule has 2 aromatic carbocycles. The Morgan fingerprint density at radius 3 is 2.56 bits per heavy atom. The van der Waals surface area contributed by atoms with Crippen LogP contribution in [0.15, 0.2) is 54.6 Å². The van der Waals surface area contributed by atoms with Crippen LogP contribution in [0.5, 0.6) is 0 Å². The average molecular weight is 257 g/mol. The van der Waals surface area contributed by atoms with Crippen LogP contribution in [-0.4, -0.2) is 6.04 Å². The zero-order valence-electron chi connectivity index (χ0n) is 9.81. The van der Waals surface area contributed by atoms with Crippen LogP contribution in [0.25, 0.3) is 0 Å². The first kappa shape index (κ1) is 12.5. The smallest absolute Gasteiger partial charge is 0.118 e. The number of anilines is 1. The SMILES string of the molecule is N#CC(Cc1ccccc1)Nc1cccc(Cl)c1. The Kier molecular flexibility index (Phi) is 4.22. The van der Waals surface area contributed by atoms with Crippen molar-refractivity contribution in [3.05, 3.63) is 65.2 Å². The summed E-state index contributed by atoms with van der Waals surface area (Å²) in [5.41, 5.74) is 2.00. The maximum absolute atomic E-state index is 9.17. The van der Waals surface area contributed by atoms with Crippen LogP contribution in [0.2, 0.25) is 5.02 Å². The lowest BCUT2D eigenvalue weighted by molar-refractivity contribution is 0.877. The highest BCUT2D eigenvalue weighted by Crippen LogP contribution is 2.16. The second-order valence-electron chi connectivity index (χ2n) is 4.03. The van der Waals surface area contributed by atoms with E-state index in [2.05, 4.69) is 11.4 Å². The first-order valence-electron chi connectivity index (χ1n) is 5.73. The lowest BCUT2D eigenvalue weighted by Crippen LogP contribution is -2.19. The summed E-state index contributed by atoms with van der Waals surface area (Å²) in [6, 6.07) is 19.4. The Balaban J connectivity index is 2.05. The van der Waals surface area contributed by atoms with Crippen molar-refractivity contribution in [1.82, 2.24) is 0 Å². The van der Waals surface area contributed by atoms with E-state index in [1.165, 1.54) is 0 Å². The lowest BCUT2D eigenvalue weighted by Gasteiger charge is -2.13. The number of hydrogen-bond acceptors (Lipinski definition) is 2. The normalized spacial score (nSPS) is 11.6. The second kappa shape index (κ2) is 6.09.